The van der Waals surface area contributed by atoms with Gasteiger partial charge in [0.15, 0.2) is 6.29 Å². The van der Waals surface area contributed by atoms with Crippen LogP contribution in [-0.4, -0.2) is 66.0 Å². The van der Waals surface area contributed by atoms with Gasteiger partial charge in [-0.2, -0.15) is 0 Å². The van der Waals surface area contributed by atoms with Crippen molar-refractivity contribution >= 4 is 11.8 Å². The summed E-state index contributed by atoms with van der Waals surface area (Å²) >= 11 is 0. The topological polar surface area (TPSA) is 130 Å². The SMILES string of the molecule is O=C(CCCCCC(=O)NCc1ccccc1-c1ccc(C2OC(CN3CCOCC3)CC(c3ccc(CO)cc3)O2)cc1)NO. The van der Waals surface area contributed by atoms with E-state index in [1.807, 2.05) is 42.5 Å². The standard InChI is InChI=1S/C36H45N3O7/c40-25-26-10-12-28(13-11-26)33-22-31(24-39-18-20-44-21-19-39)45-36(46-33)29-16-14-27(15-17-29)32-7-5-4-6-30(32)23-37-34(41)8-2-1-3-9-35(42)38-43/h4-7,10-17,31,33,36,40,43H,1-3,8-9,18-25H2,(H,37,41)(H,38,42). The summed E-state index contributed by atoms with van der Waals surface area (Å²) in [5, 5.41) is 21.1. The van der Waals surface area contributed by atoms with Crippen molar-refractivity contribution in [2.24, 2.45) is 0 Å². The molecule has 3 atom stereocenters. The van der Waals surface area contributed by atoms with Gasteiger partial charge in [-0.1, -0.05) is 79.2 Å². The summed E-state index contributed by atoms with van der Waals surface area (Å²) in [5.74, 6) is -0.439. The summed E-state index contributed by atoms with van der Waals surface area (Å²) in [7, 11) is 0. The third-order valence-electron chi connectivity index (χ3n) is 8.60. The summed E-state index contributed by atoms with van der Waals surface area (Å²) in [4.78, 5) is 26.0. The predicted octanol–water partition coefficient (Wildman–Crippen LogP) is 4.80. The molecule has 0 bridgehead atoms. The van der Waals surface area contributed by atoms with Crippen molar-refractivity contribution in [3.8, 4) is 11.1 Å². The number of unbranched alkanes of at least 4 members (excludes halogenated alkanes) is 2. The molecule has 10 nitrogen and oxygen atoms in total. The highest BCUT2D eigenvalue weighted by atomic mass is 16.7. The van der Waals surface area contributed by atoms with Gasteiger partial charge in [-0.25, -0.2) is 5.48 Å². The second kappa shape index (κ2) is 17.3. The zero-order valence-corrected chi connectivity index (χ0v) is 26.2. The highest BCUT2D eigenvalue weighted by Gasteiger charge is 2.33. The van der Waals surface area contributed by atoms with E-state index >= 15 is 0 Å². The molecule has 0 aliphatic carbocycles. The molecule has 0 aromatic heterocycles. The monoisotopic (exact) mass is 631 g/mol. The first-order valence-corrected chi connectivity index (χ1v) is 16.2. The molecule has 2 saturated heterocycles. The number of nitrogens with zero attached hydrogens (tertiary/aromatic N) is 1. The second-order valence-corrected chi connectivity index (χ2v) is 11.9. The molecule has 2 fully saturated rings. The lowest BCUT2D eigenvalue weighted by Crippen LogP contribution is -2.44. The van der Waals surface area contributed by atoms with E-state index in [0.717, 1.165) is 79.1 Å². The van der Waals surface area contributed by atoms with E-state index in [1.165, 1.54) is 0 Å². The van der Waals surface area contributed by atoms with Crippen molar-refractivity contribution in [2.75, 3.05) is 32.8 Å². The molecule has 3 aromatic carbocycles. The van der Waals surface area contributed by atoms with Crippen LogP contribution in [0.15, 0.2) is 72.8 Å². The van der Waals surface area contributed by atoms with E-state index in [2.05, 4.69) is 40.5 Å². The average Bonchev–Trinajstić information content (AvgIpc) is 3.11. The zero-order chi connectivity index (χ0) is 32.1. The minimum atomic E-state index is -0.524. The van der Waals surface area contributed by atoms with Crippen LogP contribution >= 0.6 is 0 Å². The van der Waals surface area contributed by atoms with Gasteiger partial charge in [-0.05, 0) is 40.7 Å². The molecule has 3 unspecified atom stereocenters. The van der Waals surface area contributed by atoms with Crippen LogP contribution in [0, 0.1) is 0 Å². The van der Waals surface area contributed by atoms with Crippen molar-refractivity contribution in [3.63, 3.8) is 0 Å². The van der Waals surface area contributed by atoms with Crippen LogP contribution in [0.1, 0.15) is 73.2 Å². The number of aliphatic hydroxyl groups is 1. The third-order valence-corrected chi connectivity index (χ3v) is 8.60. The maximum atomic E-state index is 12.5. The minimum absolute atomic E-state index is 0.00803. The molecule has 246 valence electrons. The van der Waals surface area contributed by atoms with Gasteiger partial charge in [0.2, 0.25) is 11.8 Å². The van der Waals surface area contributed by atoms with E-state index < -0.39 is 12.2 Å². The first-order chi connectivity index (χ1) is 22.5. The van der Waals surface area contributed by atoms with Crippen molar-refractivity contribution < 1.29 is 34.1 Å². The first kappa shape index (κ1) is 33.7. The van der Waals surface area contributed by atoms with Crippen LogP contribution in [0.2, 0.25) is 0 Å². The highest BCUT2D eigenvalue weighted by Crippen LogP contribution is 2.39. The van der Waals surface area contributed by atoms with E-state index in [1.54, 1.807) is 5.48 Å². The number of hydrogen-bond acceptors (Lipinski definition) is 8. The van der Waals surface area contributed by atoms with Crippen LogP contribution in [0.5, 0.6) is 0 Å². The molecule has 2 aliphatic rings. The molecule has 5 rings (SSSR count). The van der Waals surface area contributed by atoms with Crippen LogP contribution in [0.4, 0.5) is 0 Å². The lowest BCUT2D eigenvalue weighted by molar-refractivity contribution is -0.253. The van der Waals surface area contributed by atoms with Crippen LogP contribution < -0.4 is 10.8 Å². The fraction of sp³-hybridized carbons (Fsp3) is 0.444. The second-order valence-electron chi connectivity index (χ2n) is 11.9. The van der Waals surface area contributed by atoms with Gasteiger partial charge in [0.1, 0.15) is 0 Å². The summed E-state index contributed by atoms with van der Waals surface area (Å²) in [6, 6.07) is 24.2. The van der Waals surface area contributed by atoms with Crippen LogP contribution in [0.25, 0.3) is 11.1 Å². The molecular weight excluding hydrogens is 586 g/mol. The molecular formula is C36H45N3O7. The Bertz CT molecular complexity index is 1390. The number of aliphatic hydroxyl groups excluding tert-OH is 1. The number of rotatable bonds is 14. The van der Waals surface area contributed by atoms with E-state index in [-0.39, 0.29) is 31.1 Å². The average molecular weight is 632 g/mol. The van der Waals surface area contributed by atoms with Crippen molar-refractivity contribution in [1.82, 2.24) is 15.7 Å². The number of ether oxygens (including phenoxy) is 3. The van der Waals surface area contributed by atoms with Crippen LogP contribution in [-0.2, 0) is 37.0 Å². The Morgan fingerprint density at radius 3 is 2.24 bits per heavy atom. The van der Waals surface area contributed by atoms with Gasteiger partial charge in [0.05, 0.1) is 32.0 Å². The Kier molecular flexibility index (Phi) is 12.7. The number of hydrogen-bond donors (Lipinski definition) is 4. The molecule has 2 amide bonds. The fourth-order valence-corrected chi connectivity index (χ4v) is 5.97. The molecule has 0 saturated carbocycles. The van der Waals surface area contributed by atoms with Gasteiger partial charge in [0, 0.05) is 51.0 Å². The van der Waals surface area contributed by atoms with E-state index in [9.17, 15) is 14.7 Å². The molecule has 0 spiro atoms. The molecule has 10 heteroatoms. The summed E-state index contributed by atoms with van der Waals surface area (Å²) in [6.07, 6.45) is 2.75. The number of benzene rings is 3. The van der Waals surface area contributed by atoms with Crippen molar-refractivity contribution in [1.29, 1.82) is 0 Å². The van der Waals surface area contributed by atoms with Gasteiger partial charge in [0.25, 0.3) is 0 Å². The van der Waals surface area contributed by atoms with Gasteiger partial charge in [-0.15, -0.1) is 0 Å². The quantitative estimate of drug-likeness (QED) is 0.114. The fourth-order valence-electron chi connectivity index (χ4n) is 5.97. The highest BCUT2D eigenvalue weighted by molar-refractivity contribution is 5.76. The number of nitrogens with one attached hydrogen (secondary N) is 2. The van der Waals surface area contributed by atoms with E-state index in [0.29, 0.717) is 25.8 Å². The largest absolute Gasteiger partial charge is 0.392 e. The van der Waals surface area contributed by atoms with E-state index in [4.69, 9.17) is 19.4 Å². The Hall–Kier alpha value is -3.64. The predicted molar refractivity (Wildman–Crippen MR) is 172 cm³/mol. The molecule has 3 aromatic rings. The minimum Gasteiger partial charge on any atom is -0.392 e. The zero-order valence-electron chi connectivity index (χ0n) is 26.2. The van der Waals surface area contributed by atoms with Gasteiger partial charge >= 0.3 is 0 Å². The molecule has 2 aliphatic heterocycles. The number of hydroxylamine groups is 1. The smallest absolute Gasteiger partial charge is 0.243 e. The lowest BCUT2D eigenvalue weighted by Gasteiger charge is -2.39. The normalized spacial score (nSPS) is 20.3. The molecule has 2 heterocycles. The van der Waals surface area contributed by atoms with Crippen molar-refractivity contribution in [2.45, 2.75) is 70.2 Å². The summed E-state index contributed by atoms with van der Waals surface area (Å²) < 4.78 is 18.6. The summed E-state index contributed by atoms with van der Waals surface area (Å²) in [5.41, 5.74) is 7.60. The van der Waals surface area contributed by atoms with Crippen LogP contribution in [0.3, 0.4) is 0 Å². The van der Waals surface area contributed by atoms with Crippen molar-refractivity contribution in [3.05, 3.63) is 95.1 Å². The Morgan fingerprint density at radius 1 is 0.826 bits per heavy atom. The van der Waals surface area contributed by atoms with Gasteiger partial charge < -0.3 is 24.6 Å². The maximum Gasteiger partial charge on any atom is 0.243 e. The lowest BCUT2D eigenvalue weighted by atomic mass is 9.97. The molecule has 46 heavy (non-hydrogen) atoms. The maximum absolute atomic E-state index is 12.5. The molecule has 4 N–H and O–H groups in total. The van der Waals surface area contributed by atoms with Gasteiger partial charge in [-0.3, -0.25) is 19.7 Å². The summed E-state index contributed by atoms with van der Waals surface area (Å²) in [6.45, 7) is 4.49. The third kappa shape index (κ3) is 9.68. The number of amides is 2. The Morgan fingerprint density at radius 2 is 1.52 bits per heavy atom. The first-order valence-electron chi connectivity index (χ1n) is 16.2. The Balaban J connectivity index is 1.22. The number of carbonyl (C=O) groups is 2. The number of morpholine rings is 1. The number of carbonyl (C=O) groups excluding carboxylic acids is 2. The molecule has 0 radical (unpaired) electrons. The Labute approximate surface area is 270 Å².